The molecule has 96 valence electrons. The van der Waals surface area contributed by atoms with Gasteiger partial charge in [0, 0.05) is 16.2 Å². The van der Waals surface area contributed by atoms with Crippen molar-refractivity contribution in [3.05, 3.63) is 22.2 Å². The minimum absolute atomic E-state index is 0.271. The van der Waals surface area contributed by atoms with Crippen LogP contribution in [-0.2, 0) is 0 Å². The maximum Gasteiger partial charge on any atom is 0.267 e. The van der Waals surface area contributed by atoms with Crippen LogP contribution in [0.25, 0.3) is 10.2 Å². The standard InChI is InChI=1S/C14H16BN3S/c1-9-7-12-10(2)13(19-14(12)18-17-9)11-3-5-15(8-16)6-4-11/h7,11H,3-6H2,1-2H3. The number of aromatic nitrogens is 2. The van der Waals surface area contributed by atoms with Gasteiger partial charge in [-0.3, -0.25) is 0 Å². The van der Waals surface area contributed by atoms with Crippen LogP contribution in [0.15, 0.2) is 6.07 Å². The van der Waals surface area contributed by atoms with Crippen LogP contribution < -0.4 is 0 Å². The lowest BCUT2D eigenvalue weighted by atomic mass is 9.42. The Hall–Kier alpha value is -1.41. The summed E-state index contributed by atoms with van der Waals surface area (Å²) in [7, 11) is 0. The fourth-order valence-electron chi connectivity index (χ4n) is 3.01. The molecule has 2 aromatic heterocycles. The molecule has 0 saturated carbocycles. The highest BCUT2D eigenvalue weighted by atomic mass is 32.1. The Morgan fingerprint density at radius 3 is 2.74 bits per heavy atom. The third-order valence-electron chi connectivity index (χ3n) is 4.14. The molecule has 0 aliphatic carbocycles. The molecule has 1 saturated heterocycles. The first-order chi connectivity index (χ1) is 9.19. The van der Waals surface area contributed by atoms with Crippen LogP contribution in [-0.4, -0.2) is 16.9 Å². The zero-order valence-electron chi connectivity index (χ0n) is 11.3. The summed E-state index contributed by atoms with van der Waals surface area (Å²) >= 11 is 1.79. The normalized spacial score (nSPS) is 16.8. The van der Waals surface area contributed by atoms with Crippen molar-refractivity contribution in [2.24, 2.45) is 0 Å². The van der Waals surface area contributed by atoms with Gasteiger partial charge in [0.15, 0.2) is 0 Å². The quantitative estimate of drug-likeness (QED) is 0.741. The molecule has 0 aromatic carbocycles. The largest absolute Gasteiger partial charge is 0.267 e. The Labute approximate surface area is 117 Å². The van der Waals surface area contributed by atoms with E-state index in [0.717, 1.165) is 36.0 Å². The topological polar surface area (TPSA) is 49.6 Å². The molecule has 0 radical (unpaired) electrons. The highest BCUT2D eigenvalue weighted by Gasteiger charge is 2.27. The summed E-state index contributed by atoms with van der Waals surface area (Å²) in [4.78, 5) is 2.52. The highest BCUT2D eigenvalue weighted by Crippen LogP contribution is 2.41. The molecule has 3 heterocycles. The fraction of sp³-hybridized carbons (Fsp3) is 0.500. The van der Waals surface area contributed by atoms with E-state index in [9.17, 15) is 0 Å². The van der Waals surface area contributed by atoms with Crippen LogP contribution in [0, 0.1) is 25.1 Å². The van der Waals surface area contributed by atoms with Gasteiger partial charge in [0.2, 0.25) is 0 Å². The van der Waals surface area contributed by atoms with E-state index in [0.29, 0.717) is 5.92 Å². The van der Waals surface area contributed by atoms with Crippen LogP contribution >= 0.6 is 11.3 Å². The third-order valence-corrected chi connectivity index (χ3v) is 5.50. The molecule has 1 aliphatic rings. The molecule has 0 spiro atoms. The van der Waals surface area contributed by atoms with Crippen molar-refractivity contribution in [1.82, 2.24) is 10.2 Å². The van der Waals surface area contributed by atoms with Gasteiger partial charge in [-0.1, -0.05) is 25.5 Å². The van der Waals surface area contributed by atoms with Crippen LogP contribution in [0.5, 0.6) is 0 Å². The number of hydrogen-bond donors (Lipinski definition) is 0. The van der Waals surface area contributed by atoms with E-state index in [1.165, 1.54) is 15.8 Å². The summed E-state index contributed by atoms with van der Waals surface area (Å²) in [6.07, 6.45) is 4.36. The first-order valence-corrected chi connectivity index (χ1v) is 7.63. The van der Waals surface area contributed by atoms with Gasteiger partial charge in [-0.2, -0.15) is 5.10 Å². The van der Waals surface area contributed by atoms with Crippen LogP contribution in [0.4, 0.5) is 0 Å². The zero-order chi connectivity index (χ0) is 13.4. The average molecular weight is 269 g/mol. The Morgan fingerprint density at radius 2 is 2.05 bits per heavy atom. The molecule has 2 aromatic rings. The second-order valence-electron chi connectivity index (χ2n) is 5.47. The van der Waals surface area contributed by atoms with Crippen LogP contribution in [0.2, 0.25) is 12.6 Å². The zero-order valence-corrected chi connectivity index (χ0v) is 12.1. The summed E-state index contributed by atoms with van der Waals surface area (Å²) in [5.74, 6) is 3.02. The van der Waals surface area contributed by atoms with Gasteiger partial charge in [-0.05, 0) is 31.4 Å². The number of aryl methyl sites for hydroxylation is 2. The van der Waals surface area contributed by atoms with Crippen LogP contribution in [0.3, 0.4) is 0 Å². The molecular formula is C14H16BN3S. The van der Waals surface area contributed by atoms with E-state index in [-0.39, 0.29) is 6.71 Å². The average Bonchev–Trinajstić information content (AvgIpc) is 2.76. The van der Waals surface area contributed by atoms with Crippen LogP contribution in [0.1, 0.15) is 34.9 Å². The Bertz CT molecular complexity index is 650. The van der Waals surface area contributed by atoms with E-state index in [4.69, 9.17) is 5.26 Å². The van der Waals surface area contributed by atoms with Crippen molar-refractivity contribution >= 4 is 28.3 Å². The van der Waals surface area contributed by atoms with E-state index in [2.05, 4.69) is 29.2 Å². The predicted molar refractivity (Wildman–Crippen MR) is 79.8 cm³/mol. The summed E-state index contributed by atoms with van der Waals surface area (Å²) in [6, 6.07) is 2.14. The smallest absolute Gasteiger partial charge is 0.213 e. The second kappa shape index (κ2) is 4.94. The molecule has 19 heavy (non-hydrogen) atoms. The minimum atomic E-state index is 0.271. The van der Waals surface area contributed by atoms with Crippen molar-refractivity contribution in [2.45, 2.75) is 45.2 Å². The molecule has 1 fully saturated rings. The number of nitrogens with zero attached hydrogens (tertiary/aromatic N) is 3. The second-order valence-corrected chi connectivity index (χ2v) is 6.50. The van der Waals surface area contributed by atoms with Crippen molar-refractivity contribution in [2.75, 3.05) is 0 Å². The SMILES string of the molecule is Cc1cc2c(C)c(C3CCB(C#N)CC3)sc2nn1. The number of nitriles is 1. The van der Waals surface area contributed by atoms with Gasteiger partial charge >= 0.3 is 0 Å². The molecule has 0 bridgehead atoms. The monoisotopic (exact) mass is 269 g/mol. The molecule has 1 aliphatic heterocycles. The van der Waals surface area contributed by atoms with Gasteiger partial charge < -0.3 is 0 Å². The van der Waals surface area contributed by atoms with Gasteiger partial charge in [-0.15, -0.1) is 16.4 Å². The molecular weight excluding hydrogens is 253 g/mol. The molecule has 5 heteroatoms. The molecule has 3 nitrogen and oxygen atoms in total. The lowest BCUT2D eigenvalue weighted by Gasteiger charge is -2.22. The van der Waals surface area contributed by atoms with Gasteiger partial charge in [0.1, 0.15) is 4.83 Å². The van der Waals surface area contributed by atoms with Crippen molar-refractivity contribution < 1.29 is 0 Å². The van der Waals surface area contributed by atoms with Crippen molar-refractivity contribution in [3.8, 4) is 5.97 Å². The molecule has 0 N–H and O–H groups in total. The lowest BCUT2D eigenvalue weighted by molar-refractivity contribution is 0.619. The highest BCUT2D eigenvalue weighted by molar-refractivity contribution is 7.18. The maximum atomic E-state index is 8.98. The summed E-state index contributed by atoms with van der Waals surface area (Å²) in [6.45, 7) is 4.46. The number of fused-ring (bicyclic) bond motifs is 1. The van der Waals surface area contributed by atoms with E-state index in [1.807, 2.05) is 6.92 Å². The Kier molecular flexibility index (Phi) is 3.28. The minimum Gasteiger partial charge on any atom is -0.213 e. The van der Waals surface area contributed by atoms with Crippen molar-refractivity contribution in [3.63, 3.8) is 0 Å². The molecule has 0 amide bonds. The summed E-state index contributed by atoms with van der Waals surface area (Å²) in [5, 5.41) is 18.7. The first-order valence-electron chi connectivity index (χ1n) is 6.82. The lowest BCUT2D eigenvalue weighted by Crippen LogP contribution is -2.18. The summed E-state index contributed by atoms with van der Waals surface area (Å²) < 4.78 is 0. The first kappa shape index (κ1) is 12.6. The maximum absolute atomic E-state index is 8.98. The number of rotatable bonds is 1. The third kappa shape index (κ3) is 2.25. The van der Waals surface area contributed by atoms with Crippen molar-refractivity contribution in [1.29, 1.82) is 5.26 Å². The molecule has 3 rings (SSSR count). The molecule has 0 unspecified atom stereocenters. The van der Waals surface area contributed by atoms with E-state index >= 15 is 0 Å². The fourth-order valence-corrected chi connectivity index (χ4v) is 4.29. The van der Waals surface area contributed by atoms with Gasteiger partial charge in [0.25, 0.3) is 6.71 Å². The van der Waals surface area contributed by atoms with Gasteiger partial charge in [0.05, 0.1) is 5.69 Å². The summed E-state index contributed by atoms with van der Waals surface area (Å²) in [5.41, 5.74) is 2.35. The van der Waals surface area contributed by atoms with E-state index < -0.39 is 0 Å². The Balaban J connectivity index is 1.94. The number of thiophene rings is 1. The predicted octanol–water partition coefficient (Wildman–Crippen LogP) is 3.74. The van der Waals surface area contributed by atoms with Gasteiger partial charge in [-0.25, -0.2) is 5.26 Å². The Morgan fingerprint density at radius 1 is 1.32 bits per heavy atom. The number of hydrogen-bond acceptors (Lipinski definition) is 4. The molecule has 0 atom stereocenters. The van der Waals surface area contributed by atoms with E-state index in [1.54, 1.807) is 11.3 Å².